The summed E-state index contributed by atoms with van der Waals surface area (Å²) in [6.45, 7) is -1.14. The fourth-order valence-electron chi connectivity index (χ4n) is 5.49. The lowest BCUT2D eigenvalue weighted by Gasteiger charge is -2.31. The minimum Gasteiger partial charge on any atom is -0.394 e. The second-order valence-electron chi connectivity index (χ2n) is 10.1. The predicted molar refractivity (Wildman–Crippen MR) is 137 cm³/mol. The monoisotopic (exact) mass is 608 g/mol. The van der Waals surface area contributed by atoms with E-state index in [1.165, 1.54) is 28.1 Å². The first-order valence-electron chi connectivity index (χ1n) is 12.6. The van der Waals surface area contributed by atoms with Gasteiger partial charge in [-0.3, -0.25) is 28.0 Å². The van der Waals surface area contributed by atoms with Crippen LogP contribution < -0.4 is 17.0 Å². The average Bonchev–Trinajstić information content (AvgIpc) is 3.76. The molecule has 0 amide bonds. The van der Waals surface area contributed by atoms with E-state index in [4.69, 9.17) is 34.7 Å². The molecule has 8 N–H and O–H groups in total. The van der Waals surface area contributed by atoms with Crippen molar-refractivity contribution >= 4 is 41.9 Å². The molecule has 0 aliphatic carbocycles. The van der Waals surface area contributed by atoms with E-state index in [1.807, 2.05) is 0 Å². The van der Waals surface area contributed by atoms with Crippen LogP contribution in [0.25, 0.3) is 22.3 Å². The number of phosphoric acid groups is 1. The van der Waals surface area contributed by atoms with E-state index in [1.54, 1.807) is 0 Å². The number of anilines is 2. The third-order valence-corrected chi connectivity index (χ3v) is 8.47. The van der Waals surface area contributed by atoms with Gasteiger partial charge in [0.25, 0.3) is 5.56 Å². The SMILES string of the molecule is Nc1nc2c(ncn2[C@@H]2O[C@H](CO)C[C@@H]2OP(=O)(O)OC[C@]23CO[C@@H](C2O)[C@H](n2cnc4c(N)ncnc42)O3)c(=O)[nH]1. The Kier molecular flexibility index (Phi) is 6.31. The van der Waals surface area contributed by atoms with E-state index in [0.29, 0.717) is 11.2 Å². The van der Waals surface area contributed by atoms with Crippen molar-refractivity contribution in [2.45, 2.75) is 48.9 Å². The molecule has 42 heavy (non-hydrogen) atoms. The molecule has 0 spiro atoms. The first-order chi connectivity index (χ1) is 20.1. The largest absolute Gasteiger partial charge is 0.472 e. The molecule has 3 aliphatic heterocycles. The van der Waals surface area contributed by atoms with Gasteiger partial charge in [-0.2, -0.15) is 4.98 Å². The van der Waals surface area contributed by atoms with Crippen molar-refractivity contribution in [3.8, 4) is 0 Å². The van der Waals surface area contributed by atoms with Gasteiger partial charge in [-0.05, 0) is 0 Å². The quantitative estimate of drug-likeness (QED) is 0.117. The summed E-state index contributed by atoms with van der Waals surface area (Å²) < 4.78 is 44.5. The zero-order chi connectivity index (χ0) is 29.4. The fourth-order valence-corrected chi connectivity index (χ4v) is 6.46. The van der Waals surface area contributed by atoms with Crippen molar-refractivity contribution in [1.82, 2.24) is 39.0 Å². The van der Waals surface area contributed by atoms with Crippen LogP contribution >= 0.6 is 7.82 Å². The summed E-state index contributed by atoms with van der Waals surface area (Å²) in [7, 11) is -4.85. The van der Waals surface area contributed by atoms with Crippen LogP contribution in [0.3, 0.4) is 0 Å². The van der Waals surface area contributed by atoms with E-state index in [-0.39, 0.29) is 36.0 Å². The summed E-state index contributed by atoms with van der Waals surface area (Å²) in [4.78, 5) is 45.6. The predicted octanol–water partition coefficient (Wildman–Crippen LogP) is -2.07. The van der Waals surface area contributed by atoms with Gasteiger partial charge in [-0.15, -0.1) is 0 Å². The first kappa shape index (κ1) is 27.3. The third kappa shape index (κ3) is 4.27. The minimum absolute atomic E-state index is 0.0103. The molecule has 0 radical (unpaired) electrons. The van der Waals surface area contributed by atoms with Crippen LogP contribution in [-0.2, 0) is 27.8 Å². The number of nitrogen functional groups attached to an aromatic ring is 2. The van der Waals surface area contributed by atoms with Gasteiger partial charge in [0, 0.05) is 6.42 Å². The Balaban J connectivity index is 1.09. The number of nitrogens with two attached hydrogens (primary N) is 2. The minimum atomic E-state index is -4.85. The number of fused-ring (bicyclic) bond motifs is 4. The van der Waals surface area contributed by atoms with E-state index in [0.717, 1.165) is 0 Å². The average molecular weight is 608 g/mol. The van der Waals surface area contributed by atoms with Gasteiger partial charge in [0.05, 0.1) is 38.6 Å². The maximum atomic E-state index is 13.2. The van der Waals surface area contributed by atoms with Crippen LogP contribution in [-0.4, -0.2) is 104 Å². The molecule has 21 heteroatoms. The molecule has 2 bridgehead atoms. The van der Waals surface area contributed by atoms with Crippen molar-refractivity contribution in [1.29, 1.82) is 0 Å². The summed E-state index contributed by atoms with van der Waals surface area (Å²) in [5.74, 6) is -0.0175. The van der Waals surface area contributed by atoms with Gasteiger partial charge < -0.3 is 40.8 Å². The molecule has 4 aromatic heterocycles. The number of aromatic nitrogens is 8. The number of phosphoric ester groups is 1. The summed E-state index contributed by atoms with van der Waals surface area (Å²) in [5, 5.41) is 20.7. The number of aliphatic hydroxyl groups is 2. The summed E-state index contributed by atoms with van der Waals surface area (Å²) >= 11 is 0. The standard InChI is InChI=1S/C21H25N10O10P/c22-14-10-15(25-5-24-14)30(6-26-10)19-12-13(33)21(40-19,3-37-12)4-38-42(35,36)41-9-1-8(2-32)39-18(9)31-7-27-11-16(31)28-20(23)29-17(11)34/h5-9,12-13,18-19,32-33H,1-4H2,(H,35,36)(H2,22,24,25)(H3,23,28,29,34)/t8-,9-,12-,13?,18+,19+,21+/m0/s1. The molecule has 3 aliphatic rings. The Labute approximate surface area is 233 Å². The number of nitrogens with zero attached hydrogens (tertiary/aromatic N) is 7. The molecule has 0 saturated carbocycles. The number of imidazole rings is 2. The molecule has 0 aromatic carbocycles. The number of H-pyrrole nitrogens is 1. The van der Waals surface area contributed by atoms with Crippen molar-refractivity contribution in [3.63, 3.8) is 0 Å². The summed E-state index contributed by atoms with van der Waals surface area (Å²) in [5.41, 5.74) is 10.1. The number of nitrogens with one attached hydrogen (secondary N) is 1. The second kappa shape index (κ2) is 9.73. The molecule has 20 nitrogen and oxygen atoms in total. The number of ether oxygens (including phenoxy) is 3. The summed E-state index contributed by atoms with van der Waals surface area (Å²) in [6.07, 6.45) is -2.14. The van der Waals surface area contributed by atoms with Gasteiger partial charge in [-0.1, -0.05) is 0 Å². The van der Waals surface area contributed by atoms with Crippen LogP contribution in [0.2, 0.25) is 0 Å². The lowest BCUT2D eigenvalue weighted by molar-refractivity contribution is -0.184. The Hall–Kier alpha value is -3.59. The Morgan fingerprint density at radius 2 is 1.90 bits per heavy atom. The highest BCUT2D eigenvalue weighted by atomic mass is 31.2. The van der Waals surface area contributed by atoms with Crippen LogP contribution in [0.15, 0.2) is 23.8 Å². The molecule has 7 heterocycles. The lowest BCUT2D eigenvalue weighted by Crippen LogP contribution is -2.44. The van der Waals surface area contributed by atoms with Crippen molar-refractivity contribution in [2.24, 2.45) is 0 Å². The van der Waals surface area contributed by atoms with Crippen LogP contribution in [0, 0.1) is 0 Å². The maximum Gasteiger partial charge on any atom is 0.472 e. The Morgan fingerprint density at radius 3 is 2.69 bits per heavy atom. The van der Waals surface area contributed by atoms with Crippen molar-refractivity contribution in [2.75, 3.05) is 31.3 Å². The van der Waals surface area contributed by atoms with Gasteiger partial charge >= 0.3 is 7.82 Å². The van der Waals surface area contributed by atoms with Crippen LogP contribution in [0.1, 0.15) is 18.9 Å². The normalized spacial score (nSPS) is 32.3. The maximum absolute atomic E-state index is 13.2. The zero-order valence-corrected chi connectivity index (χ0v) is 22.4. The molecule has 3 fully saturated rings. The van der Waals surface area contributed by atoms with E-state index >= 15 is 0 Å². The molecule has 4 aromatic rings. The fraction of sp³-hybridized carbons (Fsp3) is 0.524. The number of rotatable bonds is 8. The van der Waals surface area contributed by atoms with Gasteiger partial charge in [0.2, 0.25) is 5.95 Å². The number of aliphatic hydroxyl groups excluding tert-OH is 2. The van der Waals surface area contributed by atoms with Crippen molar-refractivity contribution in [3.05, 3.63) is 29.3 Å². The van der Waals surface area contributed by atoms with Crippen LogP contribution in [0.5, 0.6) is 0 Å². The first-order valence-corrected chi connectivity index (χ1v) is 14.1. The van der Waals surface area contributed by atoms with E-state index in [9.17, 15) is 24.5 Å². The molecule has 2 unspecified atom stereocenters. The Bertz CT molecular complexity index is 1780. The topological polar surface area (TPSA) is 283 Å². The highest BCUT2D eigenvalue weighted by Gasteiger charge is 2.63. The van der Waals surface area contributed by atoms with E-state index < -0.39 is 69.1 Å². The number of aromatic amines is 1. The van der Waals surface area contributed by atoms with Gasteiger partial charge in [-0.25, -0.2) is 24.5 Å². The van der Waals surface area contributed by atoms with Gasteiger partial charge in [0.15, 0.2) is 35.1 Å². The number of hydrogen-bond donors (Lipinski definition) is 6. The molecule has 3 saturated heterocycles. The second-order valence-corrected chi connectivity index (χ2v) is 11.5. The van der Waals surface area contributed by atoms with Crippen LogP contribution in [0.4, 0.5) is 11.8 Å². The molecule has 7 rings (SSSR count). The highest BCUT2D eigenvalue weighted by molar-refractivity contribution is 7.47. The van der Waals surface area contributed by atoms with Gasteiger partial charge in [0.1, 0.15) is 35.8 Å². The highest BCUT2D eigenvalue weighted by Crippen LogP contribution is 2.53. The Morgan fingerprint density at radius 1 is 1.14 bits per heavy atom. The third-order valence-electron chi connectivity index (χ3n) is 7.48. The molecule has 8 atom stereocenters. The molecule has 224 valence electrons. The summed E-state index contributed by atoms with van der Waals surface area (Å²) in [6, 6.07) is 0. The smallest absolute Gasteiger partial charge is 0.394 e. The zero-order valence-electron chi connectivity index (χ0n) is 21.5. The molecular formula is C21H25N10O10P. The lowest BCUT2D eigenvalue weighted by atomic mass is 10.0. The van der Waals surface area contributed by atoms with E-state index in [2.05, 4.69) is 29.9 Å². The van der Waals surface area contributed by atoms with Crippen molar-refractivity contribution < 1.29 is 42.9 Å². The number of hydrogen-bond acceptors (Lipinski definition) is 16. The molecular weight excluding hydrogens is 583 g/mol.